The minimum Gasteiger partial charge on any atom is -0.507 e. The van der Waals surface area contributed by atoms with E-state index in [0.717, 1.165) is 10.8 Å². The van der Waals surface area contributed by atoms with E-state index in [2.05, 4.69) is 10.3 Å². The number of H-pyrrole nitrogens is 1. The van der Waals surface area contributed by atoms with Crippen LogP contribution < -0.4 is 16.6 Å². The molecule has 134 valence electrons. The fraction of sp³-hybridized carbons (Fsp3) is 0.0500. The first-order valence-corrected chi connectivity index (χ1v) is 8.20. The third-order valence-corrected chi connectivity index (χ3v) is 4.49. The lowest BCUT2D eigenvalue weighted by molar-refractivity contribution is 0.102. The lowest BCUT2D eigenvalue weighted by atomic mass is 10.1. The molecule has 3 N–H and O–H groups in total. The van der Waals surface area contributed by atoms with Crippen LogP contribution in [0.5, 0.6) is 5.75 Å². The number of phenolic OH excluding ortho intramolecular Hbond substituents is 1. The number of nitrogens with one attached hydrogen (secondary N) is 2. The zero-order valence-corrected chi connectivity index (χ0v) is 14.3. The van der Waals surface area contributed by atoms with E-state index >= 15 is 0 Å². The molecule has 4 aromatic rings. The lowest BCUT2D eigenvalue weighted by Gasteiger charge is -2.10. The summed E-state index contributed by atoms with van der Waals surface area (Å²) in [7, 11) is 1.55. The molecule has 0 atom stereocenters. The van der Waals surface area contributed by atoms with Gasteiger partial charge < -0.3 is 10.4 Å². The van der Waals surface area contributed by atoms with Gasteiger partial charge in [0.15, 0.2) is 0 Å². The Labute approximate surface area is 152 Å². The van der Waals surface area contributed by atoms with Crippen LogP contribution in [0.4, 0.5) is 5.69 Å². The second-order valence-corrected chi connectivity index (χ2v) is 6.22. The number of hydrogen-bond acceptors (Lipinski definition) is 4. The van der Waals surface area contributed by atoms with Gasteiger partial charge in [0.05, 0.1) is 16.5 Å². The quantitative estimate of drug-likeness (QED) is 0.510. The van der Waals surface area contributed by atoms with Crippen LogP contribution in [0.25, 0.3) is 21.7 Å². The minimum absolute atomic E-state index is 0.128. The average molecular weight is 361 g/mol. The van der Waals surface area contributed by atoms with Crippen molar-refractivity contribution >= 4 is 33.3 Å². The molecule has 1 amide bonds. The third-order valence-electron chi connectivity index (χ3n) is 4.49. The summed E-state index contributed by atoms with van der Waals surface area (Å²) in [5, 5.41) is 14.8. The average Bonchev–Trinajstić information content (AvgIpc) is 2.65. The number of aryl methyl sites for hydroxylation is 1. The lowest BCUT2D eigenvalue weighted by Crippen LogP contribution is -2.28. The molecule has 3 aromatic carbocycles. The number of aromatic nitrogens is 2. The van der Waals surface area contributed by atoms with Crippen molar-refractivity contribution in [3.63, 3.8) is 0 Å². The van der Waals surface area contributed by atoms with E-state index in [1.54, 1.807) is 25.2 Å². The Balaban J connectivity index is 1.74. The second-order valence-electron chi connectivity index (χ2n) is 6.22. The fourth-order valence-electron chi connectivity index (χ4n) is 3.05. The van der Waals surface area contributed by atoms with Crippen molar-refractivity contribution in [1.82, 2.24) is 9.55 Å². The first kappa shape index (κ1) is 16.6. The Morgan fingerprint density at radius 2 is 1.74 bits per heavy atom. The molecule has 0 aliphatic carbocycles. The molecule has 0 spiro atoms. The van der Waals surface area contributed by atoms with Crippen molar-refractivity contribution in [2.24, 2.45) is 7.05 Å². The maximum atomic E-state index is 12.6. The van der Waals surface area contributed by atoms with Crippen LogP contribution in [0, 0.1) is 0 Å². The summed E-state index contributed by atoms with van der Waals surface area (Å²) in [5.41, 5.74) is -0.0780. The summed E-state index contributed by atoms with van der Waals surface area (Å²) >= 11 is 0. The van der Waals surface area contributed by atoms with Gasteiger partial charge in [0.2, 0.25) is 0 Å². The van der Waals surface area contributed by atoms with Crippen molar-refractivity contribution in [2.75, 3.05) is 5.32 Å². The van der Waals surface area contributed by atoms with E-state index < -0.39 is 17.2 Å². The van der Waals surface area contributed by atoms with Crippen molar-refractivity contribution in [3.8, 4) is 5.75 Å². The smallest absolute Gasteiger partial charge is 0.328 e. The first-order chi connectivity index (χ1) is 12.9. The Kier molecular flexibility index (Phi) is 3.77. The van der Waals surface area contributed by atoms with Crippen molar-refractivity contribution < 1.29 is 9.90 Å². The van der Waals surface area contributed by atoms with Gasteiger partial charge in [-0.1, -0.05) is 24.3 Å². The second kappa shape index (κ2) is 6.14. The van der Waals surface area contributed by atoms with E-state index in [-0.39, 0.29) is 16.7 Å². The number of rotatable bonds is 2. The number of fused-ring (bicyclic) bond motifs is 2. The summed E-state index contributed by atoms with van der Waals surface area (Å²) in [6.45, 7) is 0. The highest BCUT2D eigenvalue weighted by Gasteiger charge is 2.14. The maximum Gasteiger partial charge on any atom is 0.328 e. The van der Waals surface area contributed by atoms with Crippen LogP contribution in [0.1, 0.15) is 10.4 Å². The molecule has 1 aromatic heterocycles. The predicted octanol–water partition coefficient (Wildman–Crippen LogP) is 2.34. The Morgan fingerprint density at radius 3 is 2.48 bits per heavy atom. The molecule has 0 saturated heterocycles. The molecule has 27 heavy (non-hydrogen) atoms. The van der Waals surface area contributed by atoms with E-state index in [1.807, 2.05) is 24.3 Å². The van der Waals surface area contributed by atoms with Crippen LogP contribution in [0.3, 0.4) is 0 Å². The monoisotopic (exact) mass is 361 g/mol. The van der Waals surface area contributed by atoms with Gasteiger partial charge >= 0.3 is 5.69 Å². The van der Waals surface area contributed by atoms with Crippen LogP contribution in [0.2, 0.25) is 0 Å². The number of carbonyl (C=O) groups is 1. The number of amides is 1. The van der Waals surface area contributed by atoms with Gasteiger partial charge in [-0.05, 0) is 41.1 Å². The highest BCUT2D eigenvalue weighted by Crippen LogP contribution is 2.26. The van der Waals surface area contributed by atoms with Crippen molar-refractivity contribution in [2.45, 2.75) is 0 Å². The molecule has 0 aliphatic heterocycles. The van der Waals surface area contributed by atoms with Gasteiger partial charge in [-0.25, -0.2) is 4.79 Å². The molecule has 0 saturated carbocycles. The van der Waals surface area contributed by atoms with Crippen LogP contribution >= 0.6 is 0 Å². The van der Waals surface area contributed by atoms with Crippen LogP contribution in [-0.2, 0) is 7.05 Å². The van der Waals surface area contributed by atoms with E-state index in [0.29, 0.717) is 11.2 Å². The summed E-state index contributed by atoms with van der Waals surface area (Å²) in [4.78, 5) is 38.5. The predicted molar refractivity (Wildman–Crippen MR) is 103 cm³/mol. The number of carbonyl (C=O) groups excluding carboxylic acids is 1. The van der Waals surface area contributed by atoms with Gasteiger partial charge in [-0.3, -0.25) is 19.1 Å². The van der Waals surface area contributed by atoms with Crippen LogP contribution in [0.15, 0.2) is 64.2 Å². The third kappa shape index (κ3) is 2.85. The molecule has 7 nitrogen and oxygen atoms in total. The number of phenols is 1. The van der Waals surface area contributed by atoms with E-state index in [4.69, 9.17) is 0 Å². The van der Waals surface area contributed by atoms with Gasteiger partial charge in [0.25, 0.3) is 11.5 Å². The number of aromatic amines is 1. The molecule has 4 rings (SSSR count). The zero-order chi connectivity index (χ0) is 19.1. The largest absolute Gasteiger partial charge is 0.507 e. The van der Waals surface area contributed by atoms with Gasteiger partial charge in [-0.15, -0.1) is 0 Å². The summed E-state index contributed by atoms with van der Waals surface area (Å²) in [6.07, 6.45) is 0. The van der Waals surface area contributed by atoms with Gasteiger partial charge in [0.1, 0.15) is 5.75 Å². The normalized spacial score (nSPS) is 11.0. The molecule has 0 radical (unpaired) electrons. The number of hydrogen-bond donors (Lipinski definition) is 3. The summed E-state index contributed by atoms with van der Waals surface area (Å²) < 4.78 is 1.32. The van der Waals surface area contributed by atoms with Crippen LogP contribution in [-0.4, -0.2) is 20.6 Å². The number of anilines is 1. The zero-order valence-electron chi connectivity index (χ0n) is 14.3. The maximum absolute atomic E-state index is 12.6. The van der Waals surface area contributed by atoms with E-state index in [9.17, 15) is 19.5 Å². The molecule has 7 heteroatoms. The molecule has 1 heterocycles. The van der Waals surface area contributed by atoms with Gasteiger partial charge in [0, 0.05) is 12.7 Å². The Bertz CT molecular complexity index is 1330. The molecule has 0 aliphatic rings. The first-order valence-electron chi connectivity index (χ1n) is 8.20. The number of nitrogens with zero attached hydrogens (tertiary/aromatic N) is 1. The molecule has 0 fully saturated rings. The topological polar surface area (TPSA) is 104 Å². The van der Waals surface area contributed by atoms with Crippen molar-refractivity contribution in [1.29, 1.82) is 0 Å². The number of benzene rings is 3. The van der Waals surface area contributed by atoms with Gasteiger partial charge in [-0.2, -0.15) is 0 Å². The Hall–Kier alpha value is -3.87. The summed E-state index contributed by atoms with van der Waals surface area (Å²) in [6, 6.07) is 15.2. The molecular formula is C20H15N3O4. The number of aromatic hydroxyl groups is 1. The fourth-order valence-corrected chi connectivity index (χ4v) is 3.05. The molecule has 0 bridgehead atoms. The molecular weight excluding hydrogens is 346 g/mol. The highest BCUT2D eigenvalue weighted by atomic mass is 16.3. The standard InChI is InChI=1S/C20H15N3O4/c1-23-16-7-6-13(10-14(16)18(25)22-20(23)27)21-19(26)15-8-11-4-2-3-5-12(11)9-17(15)24/h2-10,24H,1H3,(H,21,26)(H,22,25,27). The highest BCUT2D eigenvalue weighted by molar-refractivity contribution is 6.09. The Morgan fingerprint density at radius 1 is 1.04 bits per heavy atom. The van der Waals surface area contributed by atoms with E-state index in [1.165, 1.54) is 16.7 Å². The SMILES string of the molecule is Cn1c(=O)[nH]c(=O)c2cc(NC(=O)c3cc4ccccc4cc3O)ccc21. The summed E-state index contributed by atoms with van der Waals surface area (Å²) in [5.74, 6) is -0.633. The minimum atomic E-state index is -0.530. The van der Waals surface area contributed by atoms with Crippen molar-refractivity contribution in [3.05, 3.63) is 81.0 Å². The molecule has 0 unspecified atom stereocenters.